The molecule has 3 aromatic rings. The molecule has 0 bridgehead atoms. The number of thioether (sulfide) groups is 1. The normalized spacial score (nSPS) is 15.3. The molecule has 0 unspecified atom stereocenters. The van der Waals surface area contributed by atoms with Crippen molar-refractivity contribution in [2.75, 3.05) is 31.9 Å². The highest BCUT2D eigenvalue weighted by molar-refractivity contribution is 7.99. The molecule has 9 heteroatoms. The second-order valence-corrected chi connectivity index (χ2v) is 9.35. The van der Waals surface area contributed by atoms with Gasteiger partial charge in [0.2, 0.25) is 11.1 Å². The van der Waals surface area contributed by atoms with E-state index < -0.39 is 0 Å². The van der Waals surface area contributed by atoms with Gasteiger partial charge in [-0.05, 0) is 22.9 Å². The van der Waals surface area contributed by atoms with Crippen LogP contribution in [0, 0.1) is 0 Å². The van der Waals surface area contributed by atoms with Crippen molar-refractivity contribution >= 4 is 40.3 Å². The van der Waals surface area contributed by atoms with Crippen LogP contribution in [0.3, 0.4) is 0 Å². The smallest absolute Gasteiger partial charge is 0.233 e. The van der Waals surface area contributed by atoms with Crippen molar-refractivity contribution in [3.63, 3.8) is 0 Å². The van der Waals surface area contributed by atoms with E-state index in [1.54, 1.807) is 22.7 Å². The van der Waals surface area contributed by atoms with Crippen molar-refractivity contribution in [1.82, 2.24) is 25.0 Å². The zero-order valence-corrected chi connectivity index (χ0v) is 17.3. The zero-order chi connectivity index (χ0) is 18.5. The molecule has 0 aliphatic carbocycles. The zero-order valence-electron chi connectivity index (χ0n) is 14.8. The third-order valence-corrected chi connectivity index (χ3v) is 7.01. The summed E-state index contributed by atoms with van der Waals surface area (Å²) in [4.78, 5) is 24.0. The summed E-state index contributed by atoms with van der Waals surface area (Å²) in [6.45, 7) is 4.43. The van der Waals surface area contributed by atoms with Gasteiger partial charge in [-0.25, -0.2) is 4.98 Å². The number of carbonyl (C=O) groups is 1. The first-order chi connectivity index (χ1) is 13.3. The molecule has 0 aromatic carbocycles. The molecule has 0 radical (unpaired) electrons. The van der Waals surface area contributed by atoms with E-state index in [0.29, 0.717) is 10.9 Å². The van der Waals surface area contributed by atoms with Crippen molar-refractivity contribution in [1.29, 1.82) is 0 Å². The molecule has 3 aromatic heterocycles. The number of nitrogens with one attached hydrogen (secondary N) is 1. The van der Waals surface area contributed by atoms with E-state index in [0.717, 1.165) is 45.0 Å². The van der Waals surface area contributed by atoms with Crippen LogP contribution in [0.4, 0.5) is 0 Å². The number of amides is 1. The van der Waals surface area contributed by atoms with E-state index in [4.69, 9.17) is 0 Å². The summed E-state index contributed by atoms with van der Waals surface area (Å²) < 4.78 is 0. The highest BCUT2D eigenvalue weighted by Gasteiger charge is 2.21. The maximum atomic E-state index is 12.5. The Morgan fingerprint density at radius 1 is 1.11 bits per heavy atom. The number of aromatic amines is 1. The Morgan fingerprint density at radius 3 is 2.56 bits per heavy atom. The van der Waals surface area contributed by atoms with Gasteiger partial charge in [0, 0.05) is 48.9 Å². The monoisotopic (exact) mass is 419 g/mol. The fourth-order valence-electron chi connectivity index (χ4n) is 3.00. The first-order valence-corrected chi connectivity index (χ1v) is 11.6. The van der Waals surface area contributed by atoms with Crippen LogP contribution in [0.15, 0.2) is 40.2 Å². The summed E-state index contributed by atoms with van der Waals surface area (Å²) in [6.07, 6.45) is 0.755. The molecule has 1 amide bonds. The van der Waals surface area contributed by atoms with Gasteiger partial charge in [-0.3, -0.25) is 14.8 Å². The molecule has 1 N–H and O–H groups in total. The highest BCUT2D eigenvalue weighted by Crippen LogP contribution is 2.18. The van der Waals surface area contributed by atoms with Crippen LogP contribution >= 0.6 is 34.4 Å². The number of carbonyl (C=O) groups excluding carboxylic acids is 1. The van der Waals surface area contributed by atoms with E-state index in [2.05, 4.69) is 49.0 Å². The summed E-state index contributed by atoms with van der Waals surface area (Å²) in [7, 11) is 0. The van der Waals surface area contributed by atoms with Crippen molar-refractivity contribution in [2.24, 2.45) is 0 Å². The lowest BCUT2D eigenvalue weighted by Gasteiger charge is -2.34. The minimum Gasteiger partial charge on any atom is -0.339 e. The minimum absolute atomic E-state index is 0.167. The van der Waals surface area contributed by atoms with Gasteiger partial charge in [0.15, 0.2) is 0 Å². The van der Waals surface area contributed by atoms with Crippen LogP contribution in [0.2, 0.25) is 0 Å². The number of hydrogen-bond acceptors (Lipinski definition) is 7. The summed E-state index contributed by atoms with van der Waals surface area (Å²) in [5.41, 5.74) is 0. The molecule has 1 saturated heterocycles. The summed E-state index contributed by atoms with van der Waals surface area (Å²) in [6, 6.07) is 8.38. The first-order valence-electron chi connectivity index (χ1n) is 8.85. The lowest BCUT2D eigenvalue weighted by Crippen LogP contribution is -2.48. The average molecular weight is 420 g/mol. The van der Waals surface area contributed by atoms with Gasteiger partial charge in [-0.1, -0.05) is 23.9 Å². The molecule has 0 spiro atoms. The second kappa shape index (κ2) is 9.01. The number of aromatic nitrogens is 3. The van der Waals surface area contributed by atoms with Gasteiger partial charge in [0.25, 0.3) is 0 Å². The largest absolute Gasteiger partial charge is 0.339 e. The predicted molar refractivity (Wildman–Crippen MR) is 110 cm³/mol. The van der Waals surface area contributed by atoms with Crippen molar-refractivity contribution in [3.8, 4) is 0 Å². The van der Waals surface area contributed by atoms with Gasteiger partial charge >= 0.3 is 0 Å². The number of hydrogen-bond donors (Lipinski definition) is 1. The molecule has 4 rings (SSSR count). The van der Waals surface area contributed by atoms with Crippen molar-refractivity contribution in [3.05, 3.63) is 50.6 Å². The maximum absolute atomic E-state index is 12.5. The number of nitrogens with zero attached hydrogens (tertiary/aromatic N) is 4. The lowest BCUT2D eigenvalue weighted by atomic mass is 10.3. The fourth-order valence-corrected chi connectivity index (χ4v) is 5.17. The van der Waals surface area contributed by atoms with E-state index >= 15 is 0 Å². The molecule has 0 saturated carbocycles. The van der Waals surface area contributed by atoms with Gasteiger partial charge in [-0.15, -0.1) is 27.8 Å². The molecule has 0 atom stereocenters. The third-order valence-electron chi connectivity index (χ3n) is 4.44. The molecule has 4 heterocycles. The van der Waals surface area contributed by atoms with Crippen LogP contribution < -0.4 is 0 Å². The SMILES string of the molecule is O=C(CSc1n[nH]c(Cc2cccs2)n1)N1CCN(Cc2cccs2)CC1. The van der Waals surface area contributed by atoms with E-state index in [1.165, 1.54) is 21.5 Å². The number of rotatable bonds is 7. The quantitative estimate of drug-likeness (QED) is 0.597. The van der Waals surface area contributed by atoms with Crippen molar-refractivity contribution < 1.29 is 4.79 Å². The van der Waals surface area contributed by atoms with Gasteiger partial charge in [0.1, 0.15) is 5.82 Å². The van der Waals surface area contributed by atoms with Gasteiger partial charge in [0.05, 0.1) is 5.75 Å². The van der Waals surface area contributed by atoms with Gasteiger partial charge in [-0.2, -0.15) is 0 Å². The summed E-state index contributed by atoms with van der Waals surface area (Å²) >= 11 is 4.90. The standard InChI is InChI=1S/C18H21N5OS3/c24-17(23-7-5-22(6-8-23)12-15-4-2-10-26-15)13-27-18-19-16(20-21-18)11-14-3-1-9-25-14/h1-4,9-10H,5-8,11-13H2,(H,19,20,21). The molecule has 1 aliphatic rings. The molecular weight excluding hydrogens is 398 g/mol. The van der Waals surface area contributed by atoms with Crippen LogP contribution in [0.5, 0.6) is 0 Å². The van der Waals surface area contributed by atoms with Crippen LogP contribution in [-0.4, -0.2) is 62.8 Å². The molecule has 1 aliphatic heterocycles. The van der Waals surface area contributed by atoms with E-state index in [9.17, 15) is 4.79 Å². The number of thiophene rings is 2. The Labute approximate surface area is 170 Å². The van der Waals surface area contributed by atoms with E-state index in [-0.39, 0.29) is 5.91 Å². The minimum atomic E-state index is 0.167. The average Bonchev–Trinajstić information content (AvgIpc) is 3.44. The molecule has 142 valence electrons. The van der Waals surface area contributed by atoms with Crippen LogP contribution in [0.25, 0.3) is 0 Å². The van der Waals surface area contributed by atoms with Crippen LogP contribution in [0.1, 0.15) is 15.6 Å². The van der Waals surface area contributed by atoms with Crippen LogP contribution in [-0.2, 0) is 17.8 Å². The lowest BCUT2D eigenvalue weighted by molar-refractivity contribution is -0.130. The molecular formula is C18H21N5OS3. The highest BCUT2D eigenvalue weighted by atomic mass is 32.2. The number of H-pyrrole nitrogens is 1. The Balaban J connectivity index is 1.20. The fraction of sp³-hybridized carbons (Fsp3) is 0.389. The third kappa shape index (κ3) is 5.19. The molecule has 27 heavy (non-hydrogen) atoms. The Bertz CT molecular complexity index is 838. The molecule has 1 fully saturated rings. The summed E-state index contributed by atoms with van der Waals surface area (Å²) in [5, 5.41) is 12.0. The Morgan fingerprint density at radius 2 is 1.85 bits per heavy atom. The van der Waals surface area contributed by atoms with E-state index in [1.807, 2.05) is 11.0 Å². The first kappa shape index (κ1) is 18.7. The van der Waals surface area contributed by atoms with Crippen molar-refractivity contribution in [2.45, 2.75) is 18.1 Å². The maximum Gasteiger partial charge on any atom is 0.233 e. The Kier molecular flexibility index (Phi) is 6.23. The van der Waals surface area contributed by atoms with Gasteiger partial charge < -0.3 is 4.90 Å². The summed E-state index contributed by atoms with van der Waals surface area (Å²) in [5.74, 6) is 1.40. The number of piperazine rings is 1. The molecule has 6 nitrogen and oxygen atoms in total. The second-order valence-electron chi connectivity index (χ2n) is 6.35. The topological polar surface area (TPSA) is 65.1 Å². The Hall–Kier alpha value is -1.68. The predicted octanol–water partition coefficient (Wildman–Crippen LogP) is 2.96.